The molecular weight excluding hydrogens is 222 g/mol. The van der Waals surface area contributed by atoms with E-state index in [1.54, 1.807) is 4.90 Å². The highest BCUT2D eigenvalue weighted by Crippen LogP contribution is 2.09. The Morgan fingerprint density at radius 1 is 1.06 bits per heavy atom. The van der Waals surface area contributed by atoms with E-state index >= 15 is 0 Å². The molecule has 2 rings (SSSR count). The van der Waals surface area contributed by atoms with Gasteiger partial charge in [-0.15, -0.1) is 0 Å². The van der Waals surface area contributed by atoms with Crippen molar-refractivity contribution in [2.45, 2.75) is 0 Å². The monoisotopic (exact) mass is 234 g/mol. The van der Waals surface area contributed by atoms with Crippen molar-refractivity contribution in [1.82, 2.24) is 4.90 Å². The first kappa shape index (κ1) is 11.6. The maximum atomic E-state index is 12.0. The van der Waals surface area contributed by atoms with E-state index in [1.807, 2.05) is 0 Å². The van der Waals surface area contributed by atoms with Crippen LogP contribution in [0.3, 0.4) is 0 Å². The molecule has 1 aromatic rings. The second kappa shape index (κ2) is 4.97. The molecule has 0 radical (unpaired) electrons. The zero-order valence-corrected chi connectivity index (χ0v) is 9.22. The van der Waals surface area contributed by atoms with Gasteiger partial charge in [-0.1, -0.05) is 12.1 Å². The summed E-state index contributed by atoms with van der Waals surface area (Å²) in [6.07, 6.45) is 0. The Balaban J connectivity index is 2.10. The standard InChI is InChI=1S/C12H13NO4/c14-11(13-5-7-17-8-6-13)9-1-3-10(4-2-9)12(15)16/h1-4H,5-8H2,(H,15,16)/p-1. The number of morpholine rings is 1. The summed E-state index contributed by atoms with van der Waals surface area (Å²) in [7, 11) is 0. The molecule has 0 bridgehead atoms. The zero-order valence-electron chi connectivity index (χ0n) is 9.22. The highest BCUT2D eigenvalue weighted by Gasteiger charge is 2.18. The Morgan fingerprint density at radius 3 is 2.12 bits per heavy atom. The van der Waals surface area contributed by atoms with Crippen LogP contribution in [0.25, 0.3) is 0 Å². The summed E-state index contributed by atoms with van der Waals surface area (Å²) in [5.74, 6) is -1.34. The molecule has 1 aliphatic heterocycles. The van der Waals surface area contributed by atoms with Crippen molar-refractivity contribution in [3.05, 3.63) is 35.4 Å². The summed E-state index contributed by atoms with van der Waals surface area (Å²) >= 11 is 0. The zero-order chi connectivity index (χ0) is 12.3. The van der Waals surface area contributed by atoms with E-state index in [2.05, 4.69) is 0 Å². The lowest BCUT2D eigenvalue weighted by atomic mass is 10.1. The number of carboxylic acid groups (broad SMARTS) is 1. The molecule has 17 heavy (non-hydrogen) atoms. The Hall–Kier alpha value is -1.88. The maximum absolute atomic E-state index is 12.0. The molecule has 0 aliphatic carbocycles. The van der Waals surface area contributed by atoms with Crippen LogP contribution in [-0.2, 0) is 4.74 Å². The molecule has 0 spiro atoms. The Kier molecular flexibility index (Phi) is 3.39. The fourth-order valence-corrected chi connectivity index (χ4v) is 1.70. The molecule has 1 aliphatic rings. The van der Waals surface area contributed by atoms with Gasteiger partial charge in [-0.05, 0) is 17.7 Å². The van der Waals surface area contributed by atoms with E-state index in [9.17, 15) is 14.7 Å². The number of hydrogen-bond donors (Lipinski definition) is 0. The van der Waals surface area contributed by atoms with Crippen LogP contribution in [0, 0.1) is 0 Å². The van der Waals surface area contributed by atoms with Gasteiger partial charge in [0.25, 0.3) is 5.91 Å². The molecule has 5 heteroatoms. The quantitative estimate of drug-likeness (QED) is 0.693. The Morgan fingerprint density at radius 2 is 1.59 bits per heavy atom. The minimum Gasteiger partial charge on any atom is -0.545 e. The summed E-state index contributed by atoms with van der Waals surface area (Å²) in [6.45, 7) is 2.23. The van der Waals surface area contributed by atoms with Crippen LogP contribution in [0.5, 0.6) is 0 Å². The molecule has 0 unspecified atom stereocenters. The van der Waals surface area contributed by atoms with Gasteiger partial charge in [0.15, 0.2) is 0 Å². The first-order chi connectivity index (χ1) is 8.18. The van der Waals surface area contributed by atoms with Crippen LogP contribution in [-0.4, -0.2) is 43.1 Å². The summed E-state index contributed by atoms with van der Waals surface area (Å²) in [5.41, 5.74) is 0.556. The number of carbonyl (C=O) groups excluding carboxylic acids is 2. The second-order valence-corrected chi connectivity index (χ2v) is 3.77. The third-order valence-corrected chi connectivity index (χ3v) is 2.67. The lowest BCUT2D eigenvalue weighted by Gasteiger charge is -2.26. The van der Waals surface area contributed by atoms with Crippen LogP contribution in [0.4, 0.5) is 0 Å². The Bertz CT molecular complexity index is 421. The fourth-order valence-electron chi connectivity index (χ4n) is 1.70. The van der Waals surface area contributed by atoms with Crippen LogP contribution in [0.1, 0.15) is 20.7 Å². The van der Waals surface area contributed by atoms with Gasteiger partial charge in [0, 0.05) is 18.7 Å². The predicted octanol–water partition coefficient (Wildman–Crippen LogP) is -0.478. The topological polar surface area (TPSA) is 69.7 Å². The van der Waals surface area contributed by atoms with E-state index in [0.29, 0.717) is 31.9 Å². The molecule has 1 fully saturated rings. The lowest BCUT2D eigenvalue weighted by molar-refractivity contribution is -0.255. The molecule has 1 heterocycles. The van der Waals surface area contributed by atoms with Crippen molar-refractivity contribution >= 4 is 11.9 Å². The highest BCUT2D eigenvalue weighted by atomic mass is 16.5. The van der Waals surface area contributed by atoms with Crippen LogP contribution in [0.2, 0.25) is 0 Å². The third-order valence-electron chi connectivity index (χ3n) is 2.67. The van der Waals surface area contributed by atoms with Crippen LogP contribution in [0.15, 0.2) is 24.3 Å². The summed E-state index contributed by atoms with van der Waals surface area (Å²) in [5, 5.41) is 10.6. The number of aromatic carboxylic acids is 1. The minimum absolute atomic E-state index is 0.0727. The normalized spacial score (nSPS) is 15.6. The predicted molar refractivity (Wildman–Crippen MR) is 57.5 cm³/mol. The molecule has 0 saturated carbocycles. The number of benzene rings is 1. The van der Waals surface area contributed by atoms with E-state index in [4.69, 9.17) is 4.74 Å². The van der Waals surface area contributed by atoms with Crippen molar-refractivity contribution in [2.75, 3.05) is 26.3 Å². The van der Waals surface area contributed by atoms with Gasteiger partial charge in [0.2, 0.25) is 0 Å². The number of ether oxygens (including phenoxy) is 1. The van der Waals surface area contributed by atoms with Gasteiger partial charge >= 0.3 is 0 Å². The van der Waals surface area contributed by atoms with Crippen molar-refractivity contribution in [1.29, 1.82) is 0 Å². The summed E-state index contributed by atoms with van der Waals surface area (Å²) in [4.78, 5) is 24.2. The molecule has 0 atom stereocenters. The number of rotatable bonds is 2. The number of hydrogen-bond acceptors (Lipinski definition) is 4. The molecule has 90 valence electrons. The first-order valence-electron chi connectivity index (χ1n) is 5.37. The molecule has 0 N–H and O–H groups in total. The van der Waals surface area contributed by atoms with Gasteiger partial charge < -0.3 is 19.5 Å². The molecule has 0 aromatic heterocycles. The van der Waals surface area contributed by atoms with Gasteiger partial charge in [-0.2, -0.15) is 0 Å². The van der Waals surface area contributed by atoms with E-state index in [0.717, 1.165) is 0 Å². The molecular formula is C12H12NO4-. The second-order valence-electron chi connectivity index (χ2n) is 3.77. The van der Waals surface area contributed by atoms with E-state index in [-0.39, 0.29) is 11.5 Å². The highest BCUT2D eigenvalue weighted by molar-refractivity contribution is 5.95. The fraction of sp³-hybridized carbons (Fsp3) is 0.333. The molecule has 1 aromatic carbocycles. The first-order valence-corrected chi connectivity index (χ1v) is 5.37. The van der Waals surface area contributed by atoms with Crippen molar-refractivity contribution in [2.24, 2.45) is 0 Å². The number of amides is 1. The summed E-state index contributed by atoms with van der Waals surface area (Å²) < 4.78 is 5.16. The smallest absolute Gasteiger partial charge is 0.254 e. The van der Waals surface area contributed by atoms with Crippen LogP contribution < -0.4 is 5.11 Å². The maximum Gasteiger partial charge on any atom is 0.254 e. The van der Waals surface area contributed by atoms with Gasteiger partial charge in [-0.3, -0.25) is 4.79 Å². The average Bonchev–Trinajstić information content (AvgIpc) is 2.39. The van der Waals surface area contributed by atoms with Crippen molar-refractivity contribution < 1.29 is 19.4 Å². The van der Waals surface area contributed by atoms with Gasteiger partial charge in [-0.25, -0.2) is 0 Å². The summed E-state index contributed by atoms with van der Waals surface area (Å²) in [6, 6.07) is 5.76. The number of nitrogens with zero attached hydrogens (tertiary/aromatic N) is 1. The van der Waals surface area contributed by atoms with Gasteiger partial charge in [0.05, 0.1) is 19.2 Å². The Labute approximate surface area is 98.6 Å². The number of carboxylic acids is 1. The number of carbonyl (C=O) groups is 2. The molecule has 5 nitrogen and oxygen atoms in total. The largest absolute Gasteiger partial charge is 0.545 e. The minimum atomic E-state index is -1.24. The SMILES string of the molecule is O=C([O-])c1ccc(C(=O)N2CCOCC2)cc1. The van der Waals surface area contributed by atoms with Crippen LogP contribution >= 0.6 is 0 Å². The van der Waals surface area contributed by atoms with Crippen molar-refractivity contribution in [3.63, 3.8) is 0 Å². The third kappa shape index (κ3) is 2.62. The van der Waals surface area contributed by atoms with E-state index in [1.165, 1.54) is 24.3 Å². The van der Waals surface area contributed by atoms with Gasteiger partial charge in [0.1, 0.15) is 0 Å². The average molecular weight is 234 g/mol. The van der Waals surface area contributed by atoms with E-state index < -0.39 is 5.97 Å². The molecule has 1 amide bonds. The lowest BCUT2D eigenvalue weighted by Crippen LogP contribution is -2.40. The molecule has 1 saturated heterocycles. The van der Waals surface area contributed by atoms with Crippen molar-refractivity contribution in [3.8, 4) is 0 Å².